The molecule has 0 aliphatic rings. The number of benzene rings is 2. The maximum absolute atomic E-state index is 13.0. The molecule has 0 heterocycles. The van der Waals surface area contributed by atoms with E-state index in [-0.39, 0.29) is 5.91 Å². The number of anilines is 1. The van der Waals surface area contributed by atoms with E-state index in [9.17, 15) is 9.18 Å². The van der Waals surface area contributed by atoms with Crippen LogP contribution in [0.25, 0.3) is 0 Å². The van der Waals surface area contributed by atoms with Gasteiger partial charge in [0.2, 0.25) is 0 Å². The Kier molecular flexibility index (Phi) is 3.05. The van der Waals surface area contributed by atoms with Crippen LogP contribution < -0.4 is 5.32 Å². The fourth-order valence-electron chi connectivity index (χ4n) is 1.38. The molecule has 0 atom stereocenters. The van der Waals surface area contributed by atoms with Crippen molar-refractivity contribution in [3.63, 3.8) is 0 Å². The van der Waals surface area contributed by atoms with Crippen LogP contribution in [0.1, 0.15) is 10.4 Å². The van der Waals surface area contributed by atoms with E-state index in [4.69, 9.17) is 5.11 Å². The SMILES string of the molecule is O=C(Nc1ccc(O)c(F)c1)c1ccccc1. The molecule has 86 valence electrons. The van der Waals surface area contributed by atoms with E-state index in [0.717, 1.165) is 6.07 Å². The van der Waals surface area contributed by atoms with Gasteiger partial charge in [-0.3, -0.25) is 4.79 Å². The monoisotopic (exact) mass is 231 g/mol. The molecule has 0 fully saturated rings. The van der Waals surface area contributed by atoms with E-state index < -0.39 is 11.6 Å². The van der Waals surface area contributed by atoms with E-state index in [1.165, 1.54) is 12.1 Å². The lowest BCUT2D eigenvalue weighted by Gasteiger charge is -2.05. The van der Waals surface area contributed by atoms with Crippen LogP contribution in [0.4, 0.5) is 10.1 Å². The zero-order valence-corrected chi connectivity index (χ0v) is 8.85. The highest BCUT2D eigenvalue weighted by Crippen LogP contribution is 2.19. The standard InChI is InChI=1S/C13H10FNO2/c14-11-8-10(6-7-12(11)16)15-13(17)9-4-2-1-3-5-9/h1-8,16H,(H,15,17). The van der Waals surface area contributed by atoms with Crippen molar-refractivity contribution in [2.24, 2.45) is 0 Å². The van der Waals surface area contributed by atoms with E-state index >= 15 is 0 Å². The summed E-state index contributed by atoms with van der Waals surface area (Å²) in [5, 5.41) is 11.5. The Bertz CT molecular complexity index is 540. The number of nitrogens with one attached hydrogen (secondary N) is 1. The van der Waals surface area contributed by atoms with Gasteiger partial charge in [-0.05, 0) is 24.3 Å². The van der Waals surface area contributed by atoms with E-state index in [1.807, 2.05) is 0 Å². The third-order valence-corrected chi connectivity index (χ3v) is 2.24. The molecule has 17 heavy (non-hydrogen) atoms. The zero-order chi connectivity index (χ0) is 12.3. The minimum Gasteiger partial charge on any atom is -0.505 e. The van der Waals surface area contributed by atoms with Gasteiger partial charge >= 0.3 is 0 Å². The van der Waals surface area contributed by atoms with Gasteiger partial charge in [0.1, 0.15) is 0 Å². The quantitative estimate of drug-likeness (QED) is 0.781. The number of hydrogen-bond acceptors (Lipinski definition) is 2. The van der Waals surface area contributed by atoms with Gasteiger partial charge in [-0.15, -0.1) is 0 Å². The second kappa shape index (κ2) is 4.65. The average Bonchev–Trinajstić information content (AvgIpc) is 2.35. The van der Waals surface area contributed by atoms with Crippen molar-refractivity contribution in [3.05, 3.63) is 59.9 Å². The Balaban J connectivity index is 2.16. The number of halogens is 1. The number of rotatable bonds is 2. The van der Waals surface area contributed by atoms with Gasteiger partial charge in [-0.2, -0.15) is 0 Å². The van der Waals surface area contributed by atoms with Crippen molar-refractivity contribution < 1.29 is 14.3 Å². The predicted molar refractivity (Wildman–Crippen MR) is 62.5 cm³/mol. The minimum absolute atomic E-state index is 0.300. The van der Waals surface area contributed by atoms with Crippen LogP contribution in [0, 0.1) is 5.82 Å². The Hall–Kier alpha value is -2.36. The van der Waals surface area contributed by atoms with Crippen molar-refractivity contribution in [2.75, 3.05) is 5.32 Å². The molecule has 2 N–H and O–H groups in total. The van der Waals surface area contributed by atoms with Crippen LogP contribution in [-0.4, -0.2) is 11.0 Å². The molecule has 0 aliphatic carbocycles. The summed E-state index contributed by atoms with van der Waals surface area (Å²) in [6.45, 7) is 0. The Morgan fingerprint density at radius 3 is 2.47 bits per heavy atom. The lowest BCUT2D eigenvalue weighted by Crippen LogP contribution is -2.11. The van der Waals surface area contributed by atoms with Gasteiger partial charge < -0.3 is 10.4 Å². The van der Waals surface area contributed by atoms with Gasteiger partial charge in [0.15, 0.2) is 11.6 Å². The molecule has 0 aliphatic heterocycles. The van der Waals surface area contributed by atoms with Crippen LogP contribution in [0.5, 0.6) is 5.75 Å². The molecule has 4 heteroatoms. The summed E-state index contributed by atoms with van der Waals surface area (Å²) in [4.78, 5) is 11.7. The van der Waals surface area contributed by atoms with E-state index in [0.29, 0.717) is 11.3 Å². The number of phenols is 1. The summed E-state index contributed by atoms with van der Waals surface area (Å²) >= 11 is 0. The molecule has 0 saturated carbocycles. The largest absolute Gasteiger partial charge is 0.505 e. The number of amides is 1. The number of carbonyl (C=O) groups excluding carboxylic acids is 1. The molecule has 2 aromatic rings. The smallest absolute Gasteiger partial charge is 0.255 e. The molecule has 0 saturated heterocycles. The van der Waals surface area contributed by atoms with Crippen LogP contribution in [0.15, 0.2) is 48.5 Å². The van der Waals surface area contributed by atoms with Crippen molar-refractivity contribution in [2.45, 2.75) is 0 Å². The summed E-state index contributed by atoms with van der Waals surface area (Å²) in [6, 6.07) is 12.3. The molecular weight excluding hydrogens is 221 g/mol. The summed E-state index contributed by atoms with van der Waals surface area (Å²) in [7, 11) is 0. The zero-order valence-electron chi connectivity index (χ0n) is 8.85. The van der Waals surface area contributed by atoms with Crippen LogP contribution in [0.3, 0.4) is 0 Å². The van der Waals surface area contributed by atoms with Crippen LogP contribution in [-0.2, 0) is 0 Å². The molecule has 0 aromatic heterocycles. The topological polar surface area (TPSA) is 49.3 Å². The van der Waals surface area contributed by atoms with Crippen LogP contribution >= 0.6 is 0 Å². The first-order valence-corrected chi connectivity index (χ1v) is 5.02. The highest BCUT2D eigenvalue weighted by Gasteiger charge is 2.07. The first kappa shape index (κ1) is 11.1. The lowest BCUT2D eigenvalue weighted by atomic mass is 10.2. The fourth-order valence-corrected chi connectivity index (χ4v) is 1.38. The summed E-state index contributed by atoms with van der Waals surface area (Å²) in [5.41, 5.74) is 0.787. The van der Waals surface area contributed by atoms with Crippen molar-refractivity contribution in [1.29, 1.82) is 0 Å². The molecule has 0 unspecified atom stereocenters. The fraction of sp³-hybridized carbons (Fsp3) is 0. The Labute approximate surface area is 97.5 Å². The number of carbonyl (C=O) groups is 1. The summed E-state index contributed by atoms with van der Waals surface area (Å²) in [6.07, 6.45) is 0. The van der Waals surface area contributed by atoms with Gasteiger partial charge in [0.05, 0.1) is 0 Å². The van der Waals surface area contributed by atoms with Gasteiger partial charge in [-0.25, -0.2) is 4.39 Å². The lowest BCUT2D eigenvalue weighted by molar-refractivity contribution is 0.102. The highest BCUT2D eigenvalue weighted by molar-refractivity contribution is 6.04. The number of aromatic hydroxyl groups is 1. The molecule has 2 rings (SSSR count). The second-order valence-corrected chi connectivity index (χ2v) is 3.49. The van der Waals surface area contributed by atoms with Crippen LogP contribution in [0.2, 0.25) is 0 Å². The first-order valence-electron chi connectivity index (χ1n) is 5.02. The molecule has 0 radical (unpaired) electrons. The van der Waals surface area contributed by atoms with Gasteiger partial charge in [0.25, 0.3) is 5.91 Å². The van der Waals surface area contributed by atoms with Gasteiger partial charge in [0, 0.05) is 17.3 Å². The number of phenolic OH excluding ortho intramolecular Hbond substituents is 1. The second-order valence-electron chi connectivity index (χ2n) is 3.49. The maximum atomic E-state index is 13.0. The molecule has 0 spiro atoms. The van der Waals surface area contributed by atoms with E-state index in [2.05, 4.69) is 5.32 Å². The maximum Gasteiger partial charge on any atom is 0.255 e. The third kappa shape index (κ3) is 2.60. The normalized spacial score (nSPS) is 9.94. The van der Waals surface area contributed by atoms with Crippen molar-refractivity contribution in [1.82, 2.24) is 0 Å². The predicted octanol–water partition coefficient (Wildman–Crippen LogP) is 2.78. The van der Waals surface area contributed by atoms with Crippen molar-refractivity contribution in [3.8, 4) is 5.75 Å². The summed E-state index contributed by atoms with van der Waals surface area (Å²) in [5.74, 6) is -1.53. The molecule has 1 amide bonds. The van der Waals surface area contributed by atoms with E-state index in [1.54, 1.807) is 30.3 Å². The molecule has 3 nitrogen and oxygen atoms in total. The minimum atomic E-state index is -0.768. The Morgan fingerprint density at radius 1 is 1.12 bits per heavy atom. The summed E-state index contributed by atoms with van der Waals surface area (Å²) < 4.78 is 13.0. The first-order chi connectivity index (χ1) is 8.16. The van der Waals surface area contributed by atoms with Gasteiger partial charge in [-0.1, -0.05) is 18.2 Å². The number of hydrogen-bond donors (Lipinski definition) is 2. The molecule has 2 aromatic carbocycles. The molecular formula is C13H10FNO2. The highest BCUT2D eigenvalue weighted by atomic mass is 19.1. The average molecular weight is 231 g/mol. The molecule has 0 bridgehead atoms. The Morgan fingerprint density at radius 2 is 1.82 bits per heavy atom. The third-order valence-electron chi connectivity index (χ3n) is 2.24. The van der Waals surface area contributed by atoms with Crippen molar-refractivity contribution >= 4 is 11.6 Å².